The minimum absolute atomic E-state index is 0.0170. The topological polar surface area (TPSA) is 55.4 Å². The van der Waals surface area contributed by atoms with Crippen LogP contribution in [0.2, 0.25) is 0 Å². The Kier molecular flexibility index (Phi) is 7.65. The molecule has 0 rings (SSSR count). The Bertz CT molecular complexity index is 190. The Morgan fingerprint density at radius 2 is 2.15 bits per heavy atom. The summed E-state index contributed by atoms with van der Waals surface area (Å²) >= 11 is 5.40. The van der Waals surface area contributed by atoms with Crippen molar-refractivity contribution in [2.75, 3.05) is 31.4 Å². The molecular weight excluding hydrogens is 214 g/mol. The van der Waals surface area contributed by atoms with Crippen LogP contribution in [0.15, 0.2) is 0 Å². The highest BCUT2D eigenvalue weighted by atomic mass is 35.5. The van der Waals surface area contributed by atoms with Crippen LogP contribution in [0.4, 0.5) is 0 Å². The fourth-order valence-electron chi connectivity index (χ4n) is 0.680. The zero-order valence-electron chi connectivity index (χ0n) is 7.75. The zero-order valence-corrected chi connectivity index (χ0v) is 9.33. The molecule has 0 aromatic carbocycles. The largest absolute Gasteiger partial charge is 0.381 e. The SMILES string of the molecule is CCOCCS(=O)(=O)NCCCCl. The Labute approximate surface area is 84.7 Å². The molecule has 0 radical (unpaired) electrons. The van der Waals surface area contributed by atoms with Crippen molar-refractivity contribution >= 4 is 21.6 Å². The predicted molar refractivity (Wildman–Crippen MR) is 53.6 cm³/mol. The van der Waals surface area contributed by atoms with E-state index in [0.29, 0.717) is 25.5 Å². The number of hydrogen-bond acceptors (Lipinski definition) is 3. The van der Waals surface area contributed by atoms with Crippen LogP contribution in [0, 0.1) is 0 Å². The molecule has 0 bridgehead atoms. The number of hydrogen-bond donors (Lipinski definition) is 1. The molecule has 13 heavy (non-hydrogen) atoms. The molecule has 4 nitrogen and oxygen atoms in total. The minimum atomic E-state index is -3.16. The van der Waals surface area contributed by atoms with Crippen molar-refractivity contribution in [1.82, 2.24) is 4.72 Å². The quantitative estimate of drug-likeness (QED) is 0.489. The fraction of sp³-hybridized carbons (Fsp3) is 1.00. The van der Waals surface area contributed by atoms with Gasteiger partial charge in [-0.05, 0) is 13.3 Å². The van der Waals surface area contributed by atoms with Crippen molar-refractivity contribution in [3.63, 3.8) is 0 Å². The summed E-state index contributed by atoms with van der Waals surface area (Å²) in [6, 6.07) is 0. The highest BCUT2D eigenvalue weighted by Crippen LogP contribution is 1.88. The molecule has 0 atom stereocenters. The van der Waals surface area contributed by atoms with Crippen LogP contribution in [0.25, 0.3) is 0 Å². The maximum absolute atomic E-state index is 11.1. The number of halogens is 1. The summed E-state index contributed by atoms with van der Waals surface area (Å²) in [6.07, 6.45) is 0.648. The summed E-state index contributed by atoms with van der Waals surface area (Å²) in [5, 5.41) is 0. The minimum Gasteiger partial charge on any atom is -0.381 e. The molecule has 0 aliphatic heterocycles. The molecule has 0 aromatic rings. The van der Waals surface area contributed by atoms with Crippen LogP contribution < -0.4 is 4.72 Å². The number of sulfonamides is 1. The van der Waals surface area contributed by atoms with Crippen LogP contribution in [0.5, 0.6) is 0 Å². The number of rotatable bonds is 8. The highest BCUT2D eigenvalue weighted by molar-refractivity contribution is 7.89. The van der Waals surface area contributed by atoms with Gasteiger partial charge in [-0.25, -0.2) is 13.1 Å². The van der Waals surface area contributed by atoms with Crippen molar-refractivity contribution in [2.24, 2.45) is 0 Å². The van der Waals surface area contributed by atoms with Gasteiger partial charge in [0.05, 0.1) is 12.4 Å². The van der Waals surface area contributed by atoms with E-state index in [0.717, 1.165) is 0 Å². The average Bonchev–Trinajstić information content (AvgIpc) is 2.05. The Balaban J connectivity index is 3.55. The van der Waals surface area contributed by atoms with Crippen molar-refractivity contribution in [2.45, 2.75) is 13.3 Å². The Hall–Kier alpha value is 0.160. The molecule has 0 aromatic heterocycles. The molecule has 0 amide bonds. The molecule has 0 unspecified atom stereocenters. The van der Waals surface area contributed by atoms with Gasteiger partial charge >= 0.3 is 0 Å². The molecular formula is C7H16ClNO3S. The van der Waals surface area contributed by atoms with Crippen molar-refractivity contribution in [1.29, 1.82) is 0 Å². The lowest BCUT2D eigenvalue weighted by atomic mass is 10.5. The Morgan fingerprint density at radius 1 is 1.46 bits per heavy atom. The van der Waals surface area contributed by atoms with E-state index in [4.69, 9.17) is 16.3 Å². The van der Waals surface area contributed by atoms with Crippen LogP contribution in [0.1, 0.15) is 13.3 Å². The summed E-state index contributed by atoms with van der Waals surface area (Å²) in [5.74, 6) is 0.483. The first-order valence-corrected chi connectivity index (χ1v) is 6.42. The lowest BCUT2D eigenvalue weighted by Crippen LogP contribution is -2.29. The summed E-state index contributed by atoms with van der Waals surface area (Å²) in [5.41, 5.74) is 0. The van der Waals surface area contributed by atoms with Gasteiger partial charge in [0.2, 0.25) is 10.0 Å². The van der Waals surface area contributed by atoms with E-state index >= 15 is 0 Å². The summed E-state index contributed by atoms with van der Waals surface area (Å²) in [4.78, 5) is 0. The fourth-order valence-corrected chi connectivity index (χ4v) is 1.75. The van der Waals surface area contributed by atoms with Gasteiger partial charge < -0.3 is 4.74 Å². The van der Waals surface area contributed by atoms with Gasteiger partial charge in [0, 0.05) is 19.0 Å². The van der Waals surface area contributed by atoms with Gasteiger partial charge in [-0.15, -0.1) is 11.6 Å². The molecule has 0 fully saturated rings. The lowest BCUT2D eigenvalue weighted by Gasteiger charge is -2.05. The second kappa shape index (κ2) is 7.55. The maximum Gasteiger partial charge on any atom is 0.213 e. The second-order valence-corrected chi connectivity index (χ2v) is 4.76. The predicted octanol–water partition coefficient (Wildman–Crippen LogP) is 0.571. The van der Waals surface area contributed by atoms with E-state index in [1.165, 1.54) is 0 Å². The molecule has 0 saturated heterocycles. The third kappa shape index (κ3) is 8.49. The molecule has 0 heterocycles. The smallest absolute Gasteiger partial charge is 0.213 e. The number of ether oxygens (including phenoxy) is 1. The molecule has 1 N–H and O–H groups in total. The third-order valence-corrected chi connectivity index (χ3v) is 2.95. The van der Waals surface area contributed by atoms with Gasteiger partial charge in [0.1, 0.15) is 0 Å². The van der Waals surface area contributed by atoms with Crippen LogP contribution in [-0.2, 0) is 14.8 Å². The third-order valence-electron chi connectivity index (χ3n) is 1.33. The Morgan fingerprint density at radius 3 is 2.69 bits per heavy atom. The normalized spacial score (nSPS) is 11.8. The first kappa shape index (κ1) is 13.2. The monoisotopic (exact) mass is 229 g/mol. The van der Waals surface area contributed by atoms with Crippen molar-refractivity contribution in [3.05, 3.63) is 0 Å². The molecule has 6 heteroatoms. The van der Waals surface area contributed by atoms with E-state index in [2.05, 4.69) is 4.72 Å². The average molecular weight is 230 g/mol. The van der Waals surface area contributed by atoms with E-state index in [1.54, 1.807) is 0 Å². The standard InChI is InChI=1S/C7H16ClNO3S/c1-2-12-6-7-13(10,11)9-5-3-4-8/h9H,2-7H2,1H3. The van der Waals surface area contributed by atoms with Crippen LogP contribution in [0.3, 0.4) is 0 Å². The maximum atomic E-state index is 11.1. The first-order valence-electron chi connectivity index (χ1n) is 4.23. The van der Waals surface area contributed by atoms with E-state index in [9.17, 15) is 8.42 Å². The van der Waals surface area contributed by atoms with Crippen LogP contribution in [-0.4, -0.2) is 39.8 Å². The van der Waals surface area contributed by atoms with Crippen LogP contribution >= 0.6 is 11.6 Å². The van der Waals surface area contributed by atoms with Gasteiger partial charge in [-0.1, -0.05) is 0 Å². The lowest BCUT2D eigenvalue weighted by molar-refractivity contribution is 0.163. The highest BCUT2D eigenvalue weighted by Gasteiger charge is 2.07. The van der Waals surface area contributed by atoms with E-state index in [-0.39, 0.29) is 12.4 Å². The van der Waals surface area contributed by atoms with Gasteiger partial charge in [0.15, 0.2) is 0 Å². The number of nitrogens with one attached hydrogen (secondary N) is 1. The molecule has 0 aliphatic rings. The van der Waals surface area contributed by atoms with E-state index < -0.39 is 10.0 Å². The van der Waals surface area contributed by atoms with Crippen molar-refractivity contribution < 1.29 is 13.2 Å². The molecule has 0 aliphatic carbocycles. The van der Waals surface area contributed by atoms with Gasteiger partial charge in [-0.2, -0.15) is 0 Å². The molecule has 80 valence electrons. The number of alkyl halides is 1. The zero-order chi connectivity index (χ0) is 10.2. The molecule has 0 saturated carbocycles. The van der Waals surface area contributed by atoms with Gasteiger partial charge in [-0.3, -0.25) is 0 Å². The van der Waals surface area contributed by atoms with E-state index in [1.807, 2.05) is 6.92 Å². The first-order chi connectivity index (χ1) is 6.12. The second-order valence-electron chi connectivity index (χ2n) is 2.45. The molecule has 0 spiro atoms. The van der Waals surface area contributed by atoms with Crippen molar-refractivity contribution in [3.8, 4) is 0 Å². The summed E-state index contributed by atoms with van der Waals surface area (Å²) < 4.78 is 29.6. The van der Waals surface area contributed by atoms with Gasteiger partial charge in [0.25, 0.3) is 0 Å². The summed E-state index contributed by atoms with van der Waals surface area (Å²) in [6.45, 7) is 3.01. The summed E-state index contributed by atoms with van der Waals surface area (Å²) in [7, 11) is -3.16.